The molecule has 0 bridgehead atoms. The first-order valence-electron chi connectivity index (χ1n) is 9.60. The van der Waals surface area contributed by atoms with Crippen molar-refractivity contribution >= 4 is 5.69 Å². The SMILES string of the molecule is CCN(CC)c1ccc(C(c2ccc(C)cc2)c2ccc(C)cc2)cc1. The molecule has 3 aromatic rings. The quantitative estimate of drug-likeness (QED) is 0.473. The van der Waals surface area contributed by atoms with Crippen LogP contribution in [0.2, 0.25) is 0 Å². The summed E-state index contributed by atoms with van der Waals surface area (Å²) in [5.41, 5.74) is 7.92. The van der Waals surface area contributed by atoms with Gasteiger partial charge >= 0.3 is 0 Å². The first kappa shape index (κ1) is 18.3. The Labute approximate surface area is 158 Å². The van der Waals surface area contributed by atoms with Crippen LogP contribution in [0.15, 0.2) is 72.8 Å². The van der Waals surface area contributed by atoms with Gasteiger partial charge in [0.2, 0.25) is 0 Å². The van der Waals surface area contributed by atoms with Crippen molar-refractivity contribution in [1.29, 1.82) is 0 Å². The fourth-order valence-corrected chi connectivity index (χ4v) is 3.56. The van der Waals surface area contributed by atoms with Crippen LogP contribution in [0.3, 0.4) is 0 Å². The molecule has 26 heavy (non-hydrogen) atoms. The molecule has 1 nitrogen and oxygen atoms in total. The summed E-state index contributed by atoms with van der Waals surface area (Å²) in [4.78, 5) is 2.39. The van der Waals surface area contributed by atoms with Gasteiger partial charge in [-0.15, -0.1) is 0 Å². The summed E-state index contributed by atoms with van der Waals surface area (Å²) >= 11 is 0. The van der Waals surface area contributed by atoms with E-state index in [2.05, 4.69) is 105 Å². The lowest BCUT2D eigenvalue weighted by Gasteiger charge is -2.23. The molecular formula is C25H29N. The fourth-order valence-electron chi connectivity index (χ4n) is 3.56. The molecule has 0 heterocycles. The molecule has 0 atom stereocenters. The highest BCUT2D eigenvalue weighted by Gasteiger charge is 2.17. The summed E-state index contributed by atoms with van der Waals surface area (Å²) in [6.07, 6.45) is 0. The van der Waals surface area contributed by atoms with Crippen molar-refractivity contribution < 1.29 is 0 Å². The van der Waals surface area contributed by atoms with E-state index in [1.807, 2.05) is 0 Å². The van der Waals surface area contributed by atoms with E-state index in [0.717, 1.165) is 13.1 Å². The second-order valence-electron chi connectivity index (χ2n) is 7.02. The first-order chi connectivity index (χ1) is 12.6. The van der Waals surface area contributed by atoms with E-state index in [-0.39, 0.29) is 5.92 Å². The Balaban J connectivity index is 2.03. The third-order valence-electron chi connectivity index (χ3n) is 5.18. The van der Waals surface area contributed by atoms with E-state index < -0.39 is 0 Å². The predicted molar refractivity (Wildman–Crippen MR) is 113 cm³/mol. The maximum absolute atomic E-state index is 2.39. The summed E-state index contributed by atoms with van der Waals surface area (Å²) in [6.45, 7) is 10.8. The maximum Gasteiger partial charge on any atom is 0.0366 e. The summed E-state index contributed by atoms with van der Waals surface area (Å²) < 4.78 is 0. The summed E-state index contributed by atoms with van der Waals surface area (Å²) in [5, 5.41) is 0. The molecule has 3 rings (SSSR count). The standard InChI is InChI=1S/C25H29N/c1-5-26(6-2)24-17-15-23(16-18-24)25(21-11-7-19(3)8-12-21)22-13-9-20(4)10-14-22/h7-18,25H,5-6H2,1-4H3. The first-order valence-corrected chi connectivity index (χ1v) is 9.60. The van der Waals surface area contributed by atoms with E-state index in [9.17, 15) is 0 Å². The minimum atomic E-state index is 0.266. The smallest absolute Gasteiger partial charge is 0.0366 e. The van der Waals surface area contributed by atoms with E-state index >= 15 is 0 Å². The number of rotatable bonds is 6. The molecule has 0 spiro atoms. The molecule has 0 saturated heterocycles. The van der Waals surface area contributed by atoms with Gasteiger partial charge in [0.05, 0.1) is 0 Å². The molecule has 3 aromatic carbocycles. The van der Waals surface area contributed by atoms with Crippen LogP contribution >= 0.6 is 0 Å². The topological polar surface area (TPSA) is 3.24 Å². The second-order valence-corrected chi connectivity index (χ2v) is 7.02. The van der Waals surface area contributed by atoms with Crippen molar-refractivity contribution in [2.45, 2.75) is 33.6 Å². The molecule has 0 N–H and O–H groups in total. The largest absolute Gasteiger partial charge is 0.372 e. The lowest BCUT2D eigenvalue weighted by molar-refractivity contribution is 0.864. The van der Waals surface area contributed by atoms with E-state index in [1.165, 1.54) is 33.5 Å². The molecule has 0 amide bonds. The van der Waals surface area contributed by atoms with Gasteiger partial charge in [0.15, 0.2) is 0 Å². The molecule has 0 unspecified atom stereocenters. The van der Waals surface area contributed by atoms with Crippen LogP contribution in [0, 0.1) is 13.8 Å². The van der Waals surface area contributed by atoms with Crippen molar-refractivity contribution in [3.05, 3.63) is 101 Å². The Morgan fingerprint density at radius 1 is 0.577 bits per heavy atom. The normalized spacial score (nSPS) is 11.0. The average Bonchev–Trinajstić information content (AvgIpc) is 2.67. The third kappa shape index (κ3) is 3.99. The van der Waals surface area contributed by atoms with Crippen molar-refractivity contribution in [1.82, 2.24) is 0 Å². The molecule has 0 aromatic heterocycles. The molecule has 1 heteroatoms. The van der Waals surface area contributed by atoms with E-state index in [0.29, 0.717) is 0 Å². The van der Waals surface area contributed by atoms with Crippen LogP contribution < -0.4 is 4.90 Å². The Morgan fingerprint density at radius 2 is 0.923 bits per heavy atom. The minimum Gasteiger partial charge on any atom is -0.372 e. The molecular weight excluding hydrogens is 314 g/mol. The van der Waals surface area contributed by atoms with Gasteiger partial charge in [0, 0.05) is 24.7 Å². The molecule has 0 aliphatic heterocycles. The number of hydrogen-bond acceptors (Lipinski definition) is 1. The van der Waals surface area contributed by atoms with Crippen molar-refractivity contribution in [3.63, 3.8) is 0 Å². The lowest BCUT2D eigenvalue weighted by atomic mass is 9.84. The molecule has 0 aliphatic rings. The second kappa shape index (κ2) is 8.23. The molecule has 0 saturated carbocycles. The van der Waals surface area contributed by atoms with Gasteiger partial charge in [-0.25, -0.2) is 0 Å². The Morgan fingerprint density at radius 3 is 1.27 bits per heavy atom. The predicted octanol–water partition coefficient (Wildman–Crippen LogP) is 6.33. The van der Waals surface area contributed by atoms with E-state index in [1.54, 1.807) is 0 Å². The minimum absolute atomic E-state index is 0.266. The van der Waals surface area contributed by atoms with Crippen LogP contribution in [-0.4, -0.2) is 13.1 Å². The van der Waals surface area contributed by atoms with Crippen LogP contribution in [0.4, 0.5) is 5.69 Å². The average molecular weight is 344 g/mol. The number of hydrogen-bond donors (Lipinski definition) is 0. The zero-order valence-electron chi connectivity index (χ0n) is 16.4. The monoisotopic (exact) mass is 343 g/mol. The summed E-state index contributed by atoms with van der Waals surface area (Å²) in [5.74, 6) is 0.266. The summed E-state index contributed by atoms with van der Waals surface area (Å²) in [7, 11) is 0. The molecule has 0 radical (unpaired) electrons. The number of nitrogens with zero attached hydrogens (tertiary/aromatic N) is 1. The van der Waals surface area contributed by atoms with Gasteiger partial charge in [-0.3, -0.25) is 0 Å². The zero-order chi connectivity index (χ0) is 18.5. The number of aryl methyl sites for hydroxylation is 2. The number of anilines is 1. The molecule has 134 valence electrons. The Hall–Kier alpha value is -2.54. The van der Waals surface area contributed by atoms with Gasteiger partial charge in [-0.1, -0.05) is 71.8 Å². The van der Waals surface area contributed by atoms with Crippen molar-refractivity contribution in [3.8, 4) is 0 Å². The Bertz CT molecular complexity index is 764. The number of benzene rings is 3. The van der Waals surface area contributed by atoms with E-state index in [4.69, 9.17) is 0 Å². The van der Waals surface area contributed by atoms with Crippen molar-refractivity contribution in [2.75, 3.05) is 18.0 Å². The zero-order valence-corrected chi connectivity index (χ0v) is 16.4. The van der Waals surface area contributed by atoms with Crippen LogP contribution in [0.5, 0.6) is 0 Å². The van der Waals surface area contributed by atoms with Gasteiger partial charge in [-0.2, -0.15) is 0 Å². The third-order valence-corrected chi connectivity index (χ3v) is 5.18. The van der Waals surface area contributed by atoms with Crippen LogP contribution in [-0.2, 0) is 0 Å². The fraction of sp³-hybridized carbons (Fsp3) is 0.280. The lowest BCUT2D eigenvalue weighted by Crippen LogP contribution is -2.21. The van der Waals surface area contributed by atoms with Crippen LogP contribution in [0.25, 0.3) is 0 Å². The molecule has 0 fully saturated rings. The van der Waals surface area contributed by atoms with Crippen LogP contribution in [0.1, 0.15) is 47.6 Å². The molecule has 0 aliphatic carbocycles. The maximum atomic E-state index is 2.39. The Kier molecular flexibility index (Phi) is 5.78. The van der Waals surface area contributed by atoms with Gasteiger partial charge in [-0.05, 0) is 56.5 Å². The highest BCUT2D eigenvalue weighted by molar-refractivity contribution is 5.51. The summed E-state index contributed by atoms with van der Waals surface area (Å²) in [6, 6.07) is 27.0. The van der Waals surface area contributed by atoms with Gasteiger partial charge < -0.3 is 4.90 Å². The van der Waals surface area contributed by atoms with Gasteiger partial charge in [0.1, 0.15) is 0 Å². The highest BCUT2D eigenvalue weighted by Crippen LogP contribution is 2.33. The highest BCUT2D eigenvalue weighted by atomic mass is 15.1. The van der Waals surface area contributed by atoms with Gasteiger partial charge in [0.25, 0.3) is 0 Å². The van der Waals surface area contributed by atoms with Crippen molar-refractivity contribution in [2.24, 2.45) is 0 Å².